The zero-order valence-electron chi connectivity index (χ0n) is 12.1. The van der Waals surface area contributed by atoms with Gasteiger partial charge in [-0.15, -0.1) is 5.10 Å². The number of methoxy groups -OCH3 is 1. The van der Waals surface area contributed by atoms with Gasteiger partial charge >= 0.3 is 0 Å². The third-order valence-corrected chi connectivity index (χ3v) is 4.14. The predicted octanol–water partition coefficient (Wildman–Crippen LogP) is 3.08. The van der Waals surface area contributed by atoms with Crippen molar-refractivity contribution in [3.05, 3.63) is 56.5 Å². The normalized spacial score (nSPS) is 16.7. The lowest BCUT2D eigenvalue weighted by Gasteiger charge is -2.24. The van der Waals surface area contributed by atoms with Crippen molar-refractivity contribution in [2.75, 3.05) is 7.11 Å². The number of hydrogen-bond donors (Lipinski definition) is 2. The number of hydrogen-bond acceptors (Lipinski definition) is 5. The molecule has 0 aliphatic carbocycles. The molecule has 3 rings (SSSR count). The smallest absolute Gasteiger partial charge is 0.244 e. The average Bonchev–Trinajstić information content (AvgIpc) is 2.89. The summed E-state index contributed by atoms with van der Waals surface area (Å²) in [6, 6.07) is 7.19. The summed E-state index contributed by atoms with van der Waals surface area (Å²) in [5.74, 6) is -0.187. The topological polar surface area (TPSA) is 97.0 Å². The second-order valence-electron chi connectivity index (χ2n) is 4.94. The van der Waals surface area contributed by atoms with Crippen molar-refractivity contribution in [1.29, 1.82) is 5.26 Å². The van der Waals surface area contributed by atoms with E-state index in [2.05, 4.69) is 16.3 Å². The molecule has 1 aliphatic rings. The van der Waals surface area contributed by atoms with Crippen molar-refractivity contribution >= 4 is 23.2 Å². The number of nitrogens with zero attached hydrogens (tertiary/aromatic N) is 2. The maximum absolute atomic E-state index is 9.52. The molecule has 0 bridgehead atoms. The summed E-state index contributed by atoms with van der Waals surface area (Å²) >= 11 is 12.3. The first-order chi connectivity index (χ1) is 11.1. The molecule has 0 spiro atoms. The molecule has 1 unspecified atom stereocenters. The van der Waals surface area contributed by atoms with Crippen molar-refractivity contribution in [1.82, 2.24) is 10.2 Å². The zero-order valence-corrected chi connectivity index (χ0v) is 13.6. The number of halogens is 2. The van der Waals surface area contributed by atoms with Gasteiger partial charge in [-0.25, -0.2) is 0 Å². The Bertz CT molecular complexity index is 838. The highest BCUT2D eigenvalue weighted by molar-refractivity contribution is 6.35. The van der Waals surface area contributed by atoms with E-state index in [1.807, 2.05) is 0 Å². The highest BCUT2D eigenvalue weighted by Crippen LogP contribution is 2.45. The Labute approximate surface area is 142 Å². The number of H-pyrrole nitrogens is 1. The summed E-state index contributed by atoms with van der Waals surface area (Å²) in [5, 5.41) is 17.4. The predicted molar refractivity (Wildman–Crippen MR) is 85.1 cm³/mol. The molecule has 6 nitrogen and oxygen atoms in total. The van der Waals surface area contributed by atoms with Gasteiger partial charge in [-0.1, -0.05) is 29.3 Å². The maximum Gasteiger partial charge on any atom is 0.244 e. The molecule has 0 saturated heterocycles. The summed E-state index contributed by atoms with van der Waals surface area (Å²) < 4.78 is 10.6. The Morgan fingerprint density at radius 3 is 2.91 bits per heavy atom. The van der Waals surface area contributed by atoms with E-state index in [0.717, 1.165) is 0 Å². The molecule has 0 amide bonds. The molecule has 1 aromatic carbocycles. The fourth-order valence-corrected chi connectivity index (χ4v) is 3.13. The molecular formula is C15H12Cl2N4O2. The molecule has 3 N–H and O–H groups in total. The number of rotatable bonds is 3. The number of aromatic nitrogens is 2. The van der Waals surface area contributed by atoms with E-state index in [4.69, 9.17) is 38.4 Å². The van der Waals surface area contributed by atoms with E-state index in [0.29, 0.717) is 32.7 Å². The molecule has 2 aromatic rings. The molecule has 1 aromatic heterocycles. The van der Waals surface area contributed by atoms with Crippen molar-refractivity contribution < 1.29 is 9.47 Å². The number of benzene rings is 1. The van der Waals surface area contributed by atoms with Gasteiger partial charge in [-0.05, 0) is 17.7 Å². The third-order valence-electron chi connectivity index (χ3n) is 3.58. The van der Waals surface area contributed by atoms with E-state index in [1.54, 1.807) is 25.3 Å². The Kier molecular flexibility index (Phi) is 4.18. The molecule has 23 heavy (non-hydrogen) atoms. The highest BCUT2D eigenvalue weighted by Gasteiger charge is 2.36. The molecule has 2 heterocycles. The van der Waals surface area contributed by atoms with Crippen LogP contribution in [0, 0.1) is 11.3 Å². The van der Waals surface area contributed by atoms with Crippen LogP contribution in [0.3, 0.4) is 0 Å². The molecular weight excluding hydrogens is 339 g/mol. The van der Waals surface area contributed by atoms with Crippen molar-refractivity contribution in [2.24, 2.45) is 5.73 Å². The van der Waals surface area contributed by atoms with Gasteiger partial charge in [0.1, 0.15) is 11.6 Å². The van der Waals surface area contributed by atoms with Crippen LogP contribution < -0.4 is 10.5 Å². The van der Waals surface area contributed by atoms with Gasteiger partial charge in [-0.2, -0.15) is 5.26 Å². The Balaban J connectivity index is 2.24. The van der Waals surface area contributed by atoms with E-state index in [9.17, 15) is 5.26 Å². The van der Waals surface area contributed by atoms with Gasteiger partial charge in [-0.3, -0.25) is 5.10 Å². The van der Waals surface area contributed by atoms with E-state index in [-0.39, 0.29) is 18.1 Å². The van der Waals surface area contributed by atoms with Crippen LogP contribution in [-0.4, -0.2) is 17.3 Å². The highest BCUT2D eigenvalue weighted by atomic mass is 35.5. The molecule has 118 valence electrons. The molecule has 1 atom stereocenters. The number of nitriles is 1. The number of allylic oxidation sites excluding steroid dienone is 1. The minimum absolute atomic E-state index is 0.00600. The van der Waals surface area contributed by atoms with Crippen molar-refractivity contribution in [3.63, 3.8) is 0 Å². The van der Waals surface area contributed by atoms with E-state index >= 15 is 0 Å². The maximum atomic E-state index is 9.52. The summed E-state index contributed by atoms with van der Waals surface area (Å²) in [6.07, 6.45) is 0. The van der Waals surface area contributed by atoms with E-state index in [1.165, 1.54) is 0 Å². The Morgan fingerprint density at radius 1 is 1.48 bits per heavy atom. The van der Waals surface area contributed by atoms with Crippen LogP contribution in [0.15, 0.2) is 29.7 Å². The number of fused-ring (bicyclic) bond motifs is 1. The van der Waals surface area contributed by atoms with E-state index < -0.39 is 5.92 Å². The van der Waals surface area contributed by atoms with Crippen LogP contribution in [0.25, 0.3) is 0 Å². The van der Waals surface area contributed by atoms with Gasteiger partial charge in [0.25, 0.3) is 0 Å². The van der Waals surface area contributed by atoms with Crippen molar-refractivity contribution in [2.45, 2.75) is 12.5 Å². The first-order valence-electron chi connectivity index (χ1n) is 6.65. The quantitative estimate of drug-likeness (QED) is 0.886. The van der Waals surface area contributed by atoms with Gasteiger partial charge < -0.3 is 15.2 Å². The second kappa shape index (κ2) is 6.13. The molecule has 1 aliphatic heterocycles. The minimum atomic E-state index is -0.502. The average molecular weight is 351 g/mol. The minimum Gasteiger partial charge on any atom is -0.420 e. The number of aromatic amines is 1. The van der Waals surface area contributed by atoms with Crippen LogP contribution in [-0.2, 0) is 11.3 Å². The lowest BCUT2D eigenvalue weighted by atomic mass is 9.84. The summed E-state index contributed by atoms with van der Waals surface area (Å²) in [4.78, 5) is 0. The van der Waals surface area contributed by atoms with Gasteiger partial charge in [0.15, 0.2) is 0 Å². The van der Waals surface area contributed by atoms with Crippen LogP contribution in [0.5, 0.6) is 5.88 Å². The first kappa shape index (κ1) is 15.7. The Hall–Kier alpha value is -2.20. The third kappa shape index (κ3) is 2.63. The number of ether oxygens (including phenoxy) is 2. The fourth-order valence-electron chi connectivity index (χ4n) is 2.61. The molecule has 8 heteroatoms. The SMILES string of the molecule is COCc1[nH]nc2c1C(c1ccc(Cl)cc1Cl)C(C#N)=C(N)O2. The monoisotopic (exact) mass is 350 g/mol. The van der Waals surface area contributed by atoms with Crippen LogP contribution >= 0.6 is 23.2 Å². The summed E-state index contributed by atoms with van der Waals surface area (Å²) in [5.41, 5.74) is 8.21. The largest absolute Gasteiger partial charge is 0.420 e. The molecule has 0 radical (unpaired) electrons. The van der Waals surface area contributed by atoms with Crippen LogP contribution in [0.4, 0.5) is 0 Å². The first-order valence-corrected chi connectivity index (χ1v) is 7.41. The lowest BCUT2D eigenvalue weighted by Crippen LogP contribution is -2.21. The summed E-state index contributed by atoms with van der Waals surface area (Å²) in [7, 11) is 1.57. The van der Waals surface area contributed by atoms with Gasteiger partial charge in [0.2, 0.25) is 11.8 Å². The standard InChI is InChI=1S/C15H12Cl2N4O2/c1-22-6-11-13-12(8-3-2-7(16)4-10(8)17)9(5-18)14(19)23-15(13)21-20-11/h2-4,12H,6,19H2,1H3,(H,20,21). The lowest BCUT2D eigenvalue weighted by molar-refractivity contribution is 0.180. The zero-order chi connectivity index (χ0) is 16.6. The molecule has 0 saturated carbocycles. The van der Waals surface area contributed by atoms with Gasteiger partial charge in [0.05, 0.1) is 23.8 Å². The van der Waals surface area contributed by atoms with Crippen molar-refractivity contribution in [3.8, 4) is 11.9 Å². The van der Waals surface area contributed by atoms with Gasteiger partial charge in [0, 0.05) is 17.2 Å². The summed E-state index contributed by atoms with van der Waals surface area (Å²) in [6.45, 7) is 0.284. The fraction of sp³-hybridized carbons (Fsp3) is 0.200. The molecule has 0 fully saturated rings. The van der Waals surface area contributed by atoms with Crippen LogP contribution in [0.1, 0.15) is 22.7 Å². The van der Waals surface area contributed by atoms with Crippen LogP contribution in [0.2, 0.25) is 10.0 Å². The Morgan fingerprint density at radius 2 is 2.26 bits per heavy atom. The second-order valence-corrected chi connectivity index (χ2v) is 5.79. The number of nitrogens with one attached hydrogen (secondary N) is 1. The number of nitrogens with two attached hydrogens (primary N) is 1.